The molecule has 5 nitrogen and oxygen atoms in total. The molecule has 2 aliphatic heterocycles. The first-order chi connectivity index (χ1) is 9.16. The normalized spacial score (nSPS) is 29.8. The number of para-hydroxylation sites is 1. The lowest BCUT2D eigenvalue weighted by atomic mass is 9.90. The number of amides is 1. The number of benzene rings is 1. The first-order valence-electron chi connectivity index (χ1n) is 6.64. The first-order valence-corrected chi connectivity index (χ1v) is 6.64. The average Bonchev–Trinajstić information content (AvgIpc) is 2.77. The van der Waals surface area contributed by atoms with Crippen LogP contribution in [0.1, 0.15) is 17.9 Å². The lowest BCUT2D eigenvalue weighted by Gasteiger charge is -2.29. The minimum Gasteiger partial charge on any atom is -0.388 e. The molecule has 0 aliphatic carbocycles. The van der Waals surface area contributed by atoms with Crippen molar-refractivity contribution in [2.45, 2.75) is 24.5 Å². The second-order valence-corrected chi connectivity index (χ2v) is 5.23. The van der Waals surface area contributed by atoms with Gasteiger partial charge in [0.25, 0.3) is 0 Å². The van der Waals surface area contributed by atoms with Crippen LogP contribution in [-0.4, -0.2) is 52.9 Å². The van der Waals surface area contributed by atoms with E-state index in [2.05, 4.69) is 5.32 Å². The van der Waals surface area contributed by atoms with Crippen LogP contribution < -0.4 is 5.32 Å². The minimum absolute atomic E-state index is 0.00421. The Bertz CT molecular complexity index is 481. The summed E-state index contributed by atoms with van der Waals surface area (Å²) in [5.41, 5.74) is 2.02. The van der Waals surface area contributed by atoms with E-state index in [0.717, 1.165) is 24.2 Å². The van der Waals surface area contributed by atoms with Gasteiger partial charge in [-0.1, -0.05) is 18.2 Å². The van der Waals surface area contributed by atoms with Gasteiger partial charge in [-0.25, -0.2) is 0 Å². The Morgan fingerprint density at radius 2 is 1.89 bits per heavy atom. The Kier molecular flexibility index (Phi) is 3.16. The molecule has 0 bridgehead atoms. The van der Waals surface area contributed by atoms with Gasteiger partial charge in [0.1, 0.15) is 0 Å². The number of nitrogens with zero attached hydrogens (tertiary/aromatic N) is 1. The minimum atomic E-state index is -0.819. The van der Waals surface area contributed by atoms with Crippen LogP contribution >= 0.6 is 0 Å². The van der Waals surface area contributed by atoms with Crippen LogP contribution in [0.2, 0.25) is 0 Å². The molecule has 1 aromatic carbocycles. The summed E-state index contributed by atoms with van der Waals surface area (Å²) < 4.78 is 0. The fraction of sp³-hybridized carbons (Fsp3) is 0.500. The Morgan fingerprint density at radius 1 is 1.21 bits per heavy atom. The number of carbonyl (C=O) groups excluding carboxylic acids is 1. The third-order valence-electron chi connectivity index (χ3n) is 3.95. The van der Waals surface area contributed by atoms with Crippen molar-refractivity contribution in [2.24, 2.45) is 0 Å². The molecule has 19 heavy (non-hydrogen) atoms. The molecular formula is C14H18N2O3. The molecule has 1 amide bonds. The lowest BCUT2D eigenvalue weighted by Crippen LogP contribution is -2.36. The number of rotatable bonds is 1. The number of likely N-dealkylation sites (tertiary alicyclic amines) is 1. The molecule has 0 aromatic heterocycles. The summed E-state index contributed by atoms with van der Waals surface area (Å²) >= 11 is 0. The van der Waals surface area contributed by atoms with Crippen molar-refractivity contribution >= 4 is 11.6 Å². The van der Waals surface area contributed by atoms with Crippen molar-refractivity contribution in [3.05, 3.63) is 29.8 Å². The quantitative estimate of drug-likeness (QED) is 0.673. The van der Waals surface area contributed by atoms with Gasteiger partial charge in [-0.15, -0.1) is 0 Å². The van der Waals surface area contributed by atoms with Crippen LogP contribution in [0, 0.1) is 0 Å². The first kappa shape index (κ1) is 12.4. The number of hydrogen-bond acceptors (Lipinski definition) is 4. The molecule has 3 unspecified atom stereocenters. The molecule has 3 rings (SSSR count). The van der Waals surface area contributed by atoms with Gasteiger partial charge in [0.05, 0.1) is 18.1 Å². The van der Waals surface area contributed by atoms with Gasteiger partial charge in [-0.05, 0) is 18.1 Å². The number of carbonyl (C=O) groups is 1. The molecule has 3 N–H and O–H groups in total. The Labute approximate surface area is 111 Å². The number of β-amino-alcohol motifs (C(OH)–C–C–N with tert-alkyl or cyclic N) is 2. The molecule has 0 spiro atoms. The molecule has 0 saturated carbocycles. The zero-order valence-electron chi connectivity index (χ0n) is 10.6. The molecule has 1 fully saturated rings. The summed E-state index contributed by atoms with van der Waals surface area (Å²) in [5, 5.41) is 22.4. The highest BCUT2D eigenvalue weighted by molar-refractivity contribution is 5.86. The molecule has 2 aliphatic rings. The van der Waals surface area contributed by atoms with E-state index in [-0.39, 0.29) is 24.9 Å². The van der Waals surface area contributed by atoms with Crippen LogP contribution in [0.5, 0.6) is 0 Å². The predicted molar refractivity (Wildman–Crippen MR) is 70.9 cm³/mol. The third kappa shape index (κ3) is 2.19. The van der Waals surface area contributed by atoms with E-state index in [1.54, 1.807) is 4.90 Å². The summed E-state index contributed by atoms with van der Waals surface area (Å²) in [5.74, 6) is -0.167. The van der Waals surface area contributed by atoms with E-state index in [1.165, 1.54) is 0 Å². The van der Waals surface area contributed by atoms with Crippen molar-refractivity contribution in [1.29, 1.82) is 0 Å². The molecule has 3 atom stereocenters. The van der Waals surface area contributed by atoms with Crippen LogP contribution in [-0.2, 0) is 4.79 Å². The summed E-state index contributed by atoms with van der Waals surface area (Å²) in [6.45, 7) is 1.23. The topological polar surface area (TPSA) is 72.8 Å². The summed E-state index contributed by atoms with van der Waals surface area (Å²) in [7, 11) is 0. The number of aliphatic hydroxyl groups excluding tert-OH is 2. The number of anilines is 1. The van der Waals surface area contributed by atoms with E-state index >= 15 is 0 Å². The highest BCUT2D eigenvalue weighted by Gasteiger charge is 2.37. The monoisotopic (exact) mass is 262 g/mol. The second kappa shape index (κ2) is 4.83. The van der Waals surface area contributed by atoms with Crippen molar-refractivity contribution in [3.8, 4) is 0 Å². The predicted octanol–water partition coefficient (Wildman–Crippen LogP) is 0.150. The molecule has 1 aromatic rings. The average molecular weight is 262 g/mol. The highest BCUT2D eigenvalue weighted by Crippen LogP contribution is 2.33. The Hall–Kier alpha value is -1.59. The zero-order valence-corrected chi connectivity index (χ0v) is 10.6. The number of aliphatic hydroxyl groups is 2. The van der Waals surface area contributed by atoms with Crippen molar-refractivity contribution in [2.75, 3.05) is 25.0 Å². The van der Waals surface area contributed by atoms with Crippen LogP contribution in [0.3, 0.4) is 0 Å². The Balaban J connectivity index is 1.82. The number of fused-ring (bicyclic) bond motifs is 1. The van der Waals surface area contributed by atoms with Crippen LogP contribution in [0.4, 0.5) is 5.69 Å². The molecule has 0 radical (unpaired) electrons. The highest BCUT2D eigenvalue weighted by atomic mass is 16.3. The van der Waals surface area contributed by atoms with E-state index in [9.17, 15) is 15.0 Å². The van der Waals surface area contributed by atoms with Gasteiger partial charge < -0.3 is 20.4 Å². The molecule has 2 heterocycles. The zero-order chi connectivity index (χ0) is 13.4. The maximum atomic E-state index is 12.5. The molecule has 102 valence electrons. The van der Waals surface area contributed by atoms with E-state index < -0.39 is 12.2 Å². The van der Waals surface area contributed by atoms with Gasteiger partial charge in [0.15, 0.2) is 0 Å². The maximum Gasteiger partial charge on any atom is 0.230 e. The molecule has 5 heteroatoms. The van der Waals surface area contributed by atoms with Crippen molar-refractivity contribution in [1.82, 2.24) is 4.90 Å². The Morgan fingerprint density at radius 3 is 2.63 bits per heavy atom. The fourth-order valence-electron chi connectivity index (χ4n) is 2.89. The van der Waals surface area contributed by atoms with Crippen molar-refractivity contribution < 1.29 is 15.0 Å². The van der Waals surface area contributed by atoms with E-state index in [1.807, 2.05) is 24.3 Å². The SMILES string of the molecule is O=C(C1CCNc2ccccc21)N1CC(O)C(O)C1. The maximum absolute atomic E-state index is 12.5. The van der Waals surface area contributed by atoms with Gasteiger partial charge in [-0.3, -0.25) is 4.79 Å². The summed E-state index contributed by atoms with van der Waals surface area (Å²) in [4.78, 5) is 14.1. The van der Waals surface area contributed by atoms with E-state index in [4.69, 9.17) is 0 Å². The van der Waals surface area contributed by atoms with E-state index in [0.29, 0.717) is 0 Å². The van der Waals surface area contributed by atoms with Gasteiger partial charge in [0.2, 0.25) is 5.91 Å². The molecular weight excluding hydrogens is 244 g/mol. The fourth-order valence-corrected chi connectivity index (χ4v) is 2.89. The summed E-state index contributed by atoms with van der Waals surface area (Å²) in [6.07, 6.45) is -0.889. The van der Waals surface area contributed by atoms with Crippen LogP contribution in [0.15, 0.2) is 24.3 Å². The van der Waals surface area contributed by atoms with Gasteiger partial charge >= 0.3 is 0 Å². The second-order valence-electron chi connectivity index (χ2n) is 5.23. The number of nitrogens with one attached hydrogen (secondary N) is 1. The lowest BCUT2D eigenvalue weighted by molar-refractivity contribution is -0.132. The van der Waals surface area contributed by atoms with Gasteiger partial charge in [-0.2, -0.15) is 0 Å². The van der Waals surface area contributed by atoms with Gasteiger partial charge in [0, 0.05) is 25.3 Å². The van der Waals surface area contributed by atoms with Crippen molar-refractivity contribution in [3.63, 3.8) is 0 Å². The van der Waals surface area contributed by atoms with Crippen LogP contribution in [0.25, 0.3) is 0 Å². The largest absolute Gasteiger partial charge is 0.388 e. The molecule has 1 saturated heterocycles. The summed E-state index contributed by atoms with van der Waals surface area (Å²) in [6, 6.07) is 7.82. The standard InChI is InChI=1S/C14H18N2O3/c17-12-7-16(8-13(12)18)14(19)10-5-6-15-11-4-2-1-3-9(10)11/h1-4,10,12-13,15,17-18H,5-8H2. The number of hydrogen-bond donors (Lipinski definition) is 3. The smallest absolute Gasteiger partial charge is 0.230 e. The third-order valence-corrected chi connectivity index (χ3v) is 3.95.